The molecule has 0 aliphatic rings. The molecule has 1 aromatic carbocycles. The monoisotopic (exact) mass is 232 g/mol. The van der Waals surface area contributed by atoms with Crippen LogP contribution in [0.3, 0.4) is 0 Å². The van der Waals surface area contributed by atoms with Crippen molar-refractivity contribution >= 4 is 16.8 Å². The van der Waals surface area contributed by atoms with Crippen molar-refractivity contribution in [3.05, 3.63) is 30.5 Å². The molecule has 0 aliphatic heterocycles. The van der Waals surface area contributed by atoms with E-state index >= 15 is 0 Å². The molecular formula is C13H16N2O2. The second kappa shape index (κ2) is 4.49. The summed E-state index contributed by atoms with van der Waals surface area (Å²) in [6.07, 6.45) is 1.91. The lowest BCUT2D eigenvalue weighted by molar-refractivity contribution is -0.129. The molecule has 0 unspecified atom stereocenters. The van der Waals surface area contributed by atoms with E-state index in [0.29, 0.717) is 6.54 Å². The maximum Gasteiger partial charge on any atom is 0.241 e. The van der Waals surface area contributed by atoms with Crippen LogP contribution in [0.25, 0.3) is 10.9 Å². The molecule has 4 nitrogen and oxygen atoms in total. The molecule has 2 rings (SSSR count). The summed E-state index contributed by atoms with van der Waals surface area (Å²) in [5.74, 6) is 0.906. The Kier molecular flexibility index (Phi) is 3.04. The Labute approximate surface area is 100 Å². The van der Waals surface area contributed by atoms with Gasteiger partial charge >= 0.3 is 0 Å². The highest BCUT2D eigenvalue weighted by Gasteiger charge is 2.09. The lowest BCUT2D eigenvalue weighted by Crippen LogP contribution is -2.25. The van der Waals surface area contributed by atoms with Gasteiger partial charge in [0.1, 0.15) is 12.3 Å². The van der Waals surface area contributed by atoms with Crippen LogP contribution in [0.4, 0.5) is 0 Å². The molecule has 0 bridgehead atoms. The summed E-state index contributed by atoms with van der Waals surface area (Å²) < 4.78 is 7.22. The number of amides is 1. The number of likely N-dealkylation sites (N-methyl/N-ethyl adjacent to an activating group) is 1. The average molecular weight is 232 g/mol. The summed E-state index contributed by atoms with van der Waals surface area (Å²) in [5, 5.41) is 1.03. The average Bonchev–Trinajstić information content (AvgIpc) is 2.72. The third-order valence-electron chi connectivity index (χ3n) is 2.80. The van der Waals surface area contributed by atoms with Gasteiger partial charge in [-0.3, -0.25) is 4.79 Å². The SMILES string of the molecule is COc1cccc2c1ccn2CC(=O)N(C)C. The van der Waals surface area contributed by atoms with Crippen LogP contribution in [0, 0.1) is 0 Å². The third-order valence-corrected chi connectivity index (χ3v) is 2.80. The molecule has 1 heterocycles. The fourth-order valence-electron chi connectivity index (χ4n) is 1.80. The first kappa shape index (κ1) is 11.5. The second-order valence-electron chi connectivity index (χ2n) is 4.12. The summed E-state index contributed by atoms with van der Waals surface area (Å²) in [4.78, 5) is 13.3. The van der Waals surface area contributed by atoms with Crippen LogP contribution < -0.4 is 4.74 Å². The summed E-state index contributed by atoms with van der Waals surface area (Å²) in [6.45, 7) is 0.351. The highest BCUT2D eigenvalue weighted by atomic mass is 16.5. The highest BCUT2D eigenvalue weighted by Crippen LogP contribution is 2.26. The van der Waals surface area contributed by atoms with Gasteiger partial charge in [-0.1, -0.05) is 6.07 Å². The number of nitrogens with zero attached hydrogens (tertiary/aromatic N) is 2. The smallest absolute Gasteiger partial charge is 0.241 e. The van der Waals surface area contributed by atoms with E-state index in [9.17, 15) is 4.79 Å². The van der Waals surface area contributed by atoms with Gasteiger partial charge in [-0.25, -0.2) is 0 Å². The van der Waals surface area contributed by atoms with Crippen molar-refractivity contribution in [2.75, 3.05) is 21.2 Å². The zero-order valence-electron chi connectivity index (χ0n) is 10.3. The predicted octanol–water partition coefficient (Wildman–Crippen LogP) is 1.74. The van der Waals surface area contributed by atoms with E-state index in [4.69, 9.17) is 4.74 Å². The van der Waals surface area contributed by atoms with Gasteiger partial charge in [-0.2, -0.15) is 0 Å². The number of aromatic nitrogens is 1. The van der Waals surface area contributed by atoms with E-state index in [2.05, 4.69) is 0 Å². The number of carbonyl (C=O) groups is 1. The highest BCUT2D eigenvalue weighted by molar-refractivity contribution is 5.88. The van der Waals surface area contributed by atoms with Crippen LogP contribution in [0.1, 0.15) is 0 Å². The maximum absolute atomic E-state index is 11.7. The quantitative estimate of drug-likeness (QED) is 0.807. The Balaban J connectivity index is 2.40. The summed E-state index contributed by atoms with van der Waals surface area (Å²) in [6, 6.07) is 7.80. The Hall–Kier alpha value is -1.97. The lowest BCUT2D eigenvalue weighted by atomic mass is 10.2. The van der Waals surface area contributed by atoms with E-state index in [1.807, 2.05) is 35.0 Å². The fraction of sp³-hybridized carbons (Fsp3) is 0.308. The molecule has 4 heteroatoms. The van der Waals surface area contributed by atoms with Crippen LogP contribution in [0.15, 0.2) is 30.5 Å². The molecule has 0 aliphatic carbocycles. The van der Waals surface area contributed by atoms with Gasteiger partial charge in [0.15, 0.2) is 0 Å². The summed E-state index contributed by atoms with van der Waals surface area (Å²) >= 11 is 0. The van der Waals surface area contributed by atoms with Gasteiger partial charge in [0.25, 0.3) is 0 Å². The summed E-state index contributed by atoms with van der Waals surface area (Å²) in [7, 11) is 5.17. The molecule has 0 atom stereocenters. The largest absolute Gasteiger partial charge is 0.496 e. The van der Waals surface area contributed by atoms with Crippen molar-refractivity contribution in [3.63, 3.8) is 0 Å². The van der Waals surface area contributed by atoms with Crippen molar-refractivity contribution < 1.29 is 9.53 Å². The molecule has 2 aromatic rings. The first-order valence-corrected chi connectivity index (χ1v) is 5.45. The van der Waals surface area contributed by atoms with Crippen LogP contribution in [-0.2, 0) is 11.3 Å². The fourth-order valence-corrected chi connectivity index (χ4v) is 1.80. The molecule has 0 saturated carbocycles. The number of rotatable bonds is 3. The lowest BCUT2D eigenvalue weighted by Gasteiger charge is -2.11. The van der Waals surface area contributed by atoms with Crippen molar-refractivity contribution in [1.29, 1.82) is 0 Å². The first-order chi connectivity index (χ1) is 8.13. The van der Waals surface area contributed by atoms with E-state index in [1.54, 1.807) is 26.1 Å². The molecule has 1 amide bonds. The maximum atomic E-state index is 11.7. The van der Waals surface area contributed by atoms with Gasteiger partial charge in [0, 0.05) is 25.7 Å². The van der Waals surface area contributed by atoms with Gasteiger partial charge in [-0.15, -0.1) is 0 Å². The molecule has 17 heavy (non-hydrogen) atoms. The van der Waals surface area contributed by atoms with E-state index < -0.39 is 0 Å². The van der Waals surface area contributed by atoms with Crippen LogP contribution in [0.5, 0.6) is 5.75 Å². The molecular weight excluding hydrogens is 216 g/mol. The topological polar surface area (TPSA) is 34.5 Å². The molecule has 1 aromatic heterocycles. The zero-order chi connectivity index (χ0) is 12.4. The van der Waals surface area contributed by atoms with E-state index in [0.717, 1.165) is 16.7 Å². The summed E-state index contributed by atoms with van der Waals surface area (Å²) in [5.41, 5.74) is 1.01. The van der Waals surface area contributed by atoms with Gasteiger partial charge < -0.3 is 14.2 Å². The minimum absolute atomic E-state index is 0.0744. The molecule has 0 radical (unpaired) electrons. The van der Waals surface area contributed by atoms with E-state index in [-0.39, 0.29) is 5.91 Å². The van der Waals surface area contributed by atoms with Crippen molar-refractivity contribution in [2.24, 2.45) is 0 Å². The number of benzene rings is 1. The number of fused-ring (bicyclic) bond motifs is 1. The minimum Gasteiger partial charge on any atom is -0.496 e. The Morgan fingerprint density at radius 2 is 2.12 bits per heavy atom. The molecule has 0 fully saturated rings. The Morgan fingerprint density at radius 3 is 2.76 bits per heavy atom. The number of methoxy groups -OCH3 is 1. The predicted molar refractivity (Wildman–Crippen MR) is 67.2 cm³/mol. The number of hydrogen-bond donors (Lipinski definition) is 0. The van der Waals surface area contributed by atoms with Crippen molar-refractivity contribution in [2.45, 2.75) is 6.54 Å². The van der Waals surface area contributed by atoms with Crippen LogP contribution >= 0.6 is 0 Å². The number of carbonyl (C=O) groups excluding carboxylic acids is 1. The second-order valence-corrected chi connectivity index (χ2v) is 4.12. The zero-order valence-corrected chi connectivity index (χ0v) is 10.3. The van der Waals surface area contributed by atoms with E-state index in [1.165, 1.54) is 0 Å². The standard InChI is InChI=1S/C13H16N2O2/c1-14(2)13(16)9-15-8-7-10-11(15)5-4-6-12(10)17-3/h4-8H,9H2,1-3H3. The minimum atomic E-state index is 0.0744. The Morgan fingerprint density at radius 1 is 1.35 bits per heavy atom. The van der Waals surface area contributed by atoms with Crippen LogP contribution in [0.2, 0.25) is 0 Å². The van der Waals surface area contributed by atoms with Gasteiger partial charge in [0.05, 0.1) is 12.6 Å². The molecule has 90 valence electrons. The number of hydrogen-bond acceptors (Lipinski definition) is 2. The first-order valence-electron chi connectivity index (χ1n) is 5.45. The molecule has 0 saturated heterocycles. The molecule has 0 spiro atoms. The van der Waals surface area contributed by atoms with Gasteiger partial charge in [0.2, 0.25) is 5.91 Å². The molecule has 0 N–H and O–H groups in total. The van der Waals surface area contributed by atoms with Crippen LogP contribution in [-0.4, -0.2) is 36.6 Å². The van der Waals surface area contributed by atoms with Crippen molar-refractivity contribution in [3.8, 4) is 5.75 Å². The third kappa shape index (κ3) is 2.11. The number of ether oxygens (including phenoxy) is 1. The van der Waals surface area contributed by atoms with Gasteiger partial charge in [-0.05, 0) is 18.2 Å². The normalized spacial score (nSPS) is 10.5. The Bertz CT molecular complexity index is 543. The van der Waals surface area contributed by atoms with Crippen molar-refractivity contribution in [1.82, 2.24) is 9.47 Å².